The SMILES string of the molecule is CCCCCCC[CH2][Sn]([CH2]C)([CH2]CCCCCCC)[O]C(=O)CC. The summed E-state index contributed by atoms with van der Waals surface area (Å²) in [6.07, 6.45) is 16.6. The molecule has 0 aromatic carbocycles. The van der Waals surface area contributed by atoms with Crippen LogP contribution in [0, 0.1) is 0 Å². The van der Waals surface area contributed by atoms with Crippen molar-refractivity contribution in [2.24, 2.45) is 0 Å². The van der Waals surface area contributed by atoms with Gasteiger partial charge < -0.3 is 0 Å². The van der Waals surface area contributed by atoms with Gasteiger partial charge in [-0.1, -0.05) is 0 Å². The van der Waals surface area contributed by atoms with Gasteiger partial charge in [0, 0.05) is 0 Å². The Morgan fingerprint density at radius 3 is 1.46 bits per heavy atom. The maximum atomic E-state index is 12.0. The van der Waals surface area contributed by atoms with Crippen LogP contribution in [0.5, 0.6) is 0 Å². The number of carbonyl (C=O) groups excluding carboxylic acids is 1. The van der Waals surface area contributed by atoms with E-state index in [1.165, 1.54) is 90.4 Å². The summed E-state index contributed by atoms with van der Waals surface area (Å²) >= 11 is -2.68. The van der Waals surface area contributed by atoms with Crippen LogP contribution in [0.25, 0.3) is 0 Å². The molecule has 0 fully saturated rings. The minimum atomic E-state index is -2.68. The zero-order chi connectivity index (χ0) is 18.1. The van der Waals surface area contributed by atoms with Crippen LogP contribution in [0.3, 0.4) is 0 Å². The molecule has 0 spiro atoms. The molecular weight excluding hydrogens is 403 g/mol. The van der Waals surface area contributed by atoms with Gasteiger partial charge in [0.05, 0.1) is 0 Å². The molecule has 0 aliphatic rings. The molecule has 0 unspecified atom stereocenters. The zero-order valence-corrected chi connectivity index (χ0v) is 20.0. The first-order chi connectivity index (χ1) is 11.6. The van der Waals surface area contributed by atoms with Crippen LogP contribution >= 0.6 is 0 Å². The van der Waals surface area contributed by atoms with E-state index in [1.54, 1.807) is 0 Å². The van der Waals surface area contributed by atoms with Gasteiger partial charge in [-0.25, -0.2) is 0 Å². The summed E-state index contributed by atoms with van der Waals surface area (Å²) in [7, 11) is 0. The molecule has 0 atom stereocenters. The molecule has 0 saturated heterocycles. The van der Waals surface area contributed by atoms with Crippen LogP contribution < -0.4 is 0 Å². The fraction of sp³-hybridized carbons (Fsp3) is 0.952. The van der Waals surface area contributed by atoms with E-state index in [-0.39, 0.29) is 5.97 Å². The molecule has 3 heteroatoms. The Hall–Kier alpha value is 0.269. The first-order valence-corrected chi connectivity index (χ1v) is 18.1. The van der Waals surface area contributed by atoms with Crippen LogP contribution in [0.2, 0.25) is 13.3 Å². The van der Waals surface area contributed by atoms with Gasteiger partial charge in [0.25, 0.3) is 0 Å². The van der Waals surface area contributed by atoms with E-state index in [4.69, 9.17) is 3.07 Å². The third-order valence-corrected chi connectivity index (χ3v) is 18.0. The van der Waals surface area contributed by atoms with Crippen molar-refractivity contribution in [3.63, 3.8) is 0 Å². The predicted molar refractivity (Wildman–Crippen MR) is 109 cm³/mol. The minimum absolute atomic E-state index is 0.0737. The fourth-order valence-electron chi connectivity index (χ4n) is 3.42. The second-order valence-corrected chi connectivity index (χ2v) is 19.6. The third kappa shape index (κ3) is 12.6. The molecule has 0 N–H and O–H groups in total. The monoisotopic (exact) mass is 448 g/mol. The number of rotatable bonds is 17. The Balaban J connectivity index is 4.28. The molecule has 144 valence electrons. The Kier molecular flexibility index (Phi) is 16.9. The summed E-state index contributed by atoms with van der Waals surface area (Å²) in [6.45, 7) is 8.75. The summed E-state index contributed by atoms with van der Waals surface area (Å²) in [5.41, 5.74) is 0. The van der Waals surface area contributed by atoms with E-state index in [0.717, 1.165) is 0 Å². The van der Waals surface area contributed by atoms with Crippen LogP contribution in [-0.4, -0.2) is 24.8 Å². The van der Waals surface area contributed by atoms with Gasteiger partial charge in [0.15, 0.2) is 0 Å². The molecule has 0 aliphatic carbocycles. The second-order valence-electron chi connectivity index (χ2n) is 7.40. The third-order valence-electron chi connectivity index (χ3n) is 5.24. The summed E-state index contributed by atoms with van der Waals surface area (Å²) < 4.78 is 9.86. The number of unbranched alkanes of at least 4 members (excludes halogenated alkanes) is 10. The molecule has 0 heterocycles. The fourth-order valence-corrected chi connectivity index (χ4v) is 14.0. The molecule has 0 aromatic heterocycles. The first-order valence-electron chi connectivity index (χ1n) is 10.9. The average Bonchev–Trinajstić information content (AvgIpc) is 2.60. The van der Waals surface area contributed by atoms with Crippen molar-refractivity contribution in [1.82, 2.24) is 0 Å². The quantitative estimate of drug-likeness (QED) is 0.169. The van der Waals surface area contributed by atoms with Gasteiger partial charge in [-0.3, -0.25) is 0 Å². The summed E-state index contributed by atoms with van der Waals surface area (Å²) in [5, 5.41) is 0. The standard InChI is InChI=1S/2C8H17.C3H6O2.C2H5.Sn/c2*1-3-5-7-8-6-4-2;1-2-3(4)5;1-2;/h2*1,3-8H2,2H3;2H2,1H3,(H,4,5);1H2,2H3;/q;;;;+1/p-1. The topological polar surface area (TPSA) is 26.3 Å². The van der Waals surface area contributed by atoms with E-state index in [9.17, 15) is 4.79 Å². The van der Waals surface area contributed by atoms with Gasteiger partial charge in [-0.05, 0) is 0 Å². The molecule has 0 rings (SSSR count). The van der Waals surface area contributed by atoms with Crippen molar-refractivity contribution in [2.75, 3.05) is 0 Å². The van der Waals surface area contributed by atoms with Crippen molar-refractivity contribution in [3.8, 4) is 0 Å². The normalized spacial score (nSPS) is 11.7. The Morgan fingerprint density at radius 1 is 0.667 bits per heavy atom. The van der Waals surface area contributed by atoms with Gasteiger partial charge in [-0.2, -0.15) is 0 Å². The van der Waals surface area contributed by atoms with Crippen molar-refractivity contribution < 1.29 is 7.87 Å². The molecule has 0 bridgehead atoms. The molecule has 0 aromatic rings. The van der Waals surface area contributed by atoms with Crippen LogP contribution in [-0.2, 0) is 7.87 Å². The summed E-state index contributed by atoms with van der Waals surface area (Å²) in [4.78, 5) is 12.0. The predicted octanol–water partition coefficient (Wildman–Crippen LogP) is 7.63. The van der Waals surface area contributed by atoms with Gasteiger partial charge >= 0.3 is 157 Å². The Labute approximate surface area is 156 Å². The van der Waals surface area contributed by atoms with E-state index >= 15 is 0 Å². The summed E-state index contributed by atoms with van der Waals surface area (Å²) in [6, 6.07) is 0. The van der Waals surface area contributed by atoms with E-state index < -0.39 is 18.8 Å². The van der Waals surface area contributed by atoms with Crippen molar-refractivity contribution in [1.29, 1.82) is 0 Å². The van der Waals surface area contributed by atoms with Crippen molar-refractivity contribution >= 4 is 24.8 Å². The molecule has 0 radical (unpaired) electrons. The Bertz CT molecular complexity index is 276. The van der Waals surface area contributed by atoms with Crippen LogP contribution in [0.1, 0.15) is 111 Å². The number of hydrogen-bond donors (Lipinski definition) is 0. The molecule has 0 aliphatic heterocycles. The van der Waals surface area contributed by atoms with Gasteiger partial charge in [0.2, 0.25) is 0 Å². The zero-order valence-electron chi connectivity index (χ0n) is 17.1. The molecule has 2 nitrogen and oxygen atoms in total. The number of carbonyl (C=O) groups is 1. The van der Waals surface area contributed by atoms with Gasteiger partial charge in [0.1, 0.15) is 0 Å². The number of hydrogen-bond acceptors (Lipinski definition) is 2. The van der Waals surface area contributed by atoms with Crippen LogP contribution in [0.4, 0.5) is 0 Å². The first kappa shape index (κ1) is 24.3. The summed E-state index contributed by atoms with van der Waals surface area (Å²) in [5.74, 6) is 0.0737. The van der Waals surface area contributed by atoms with Crippen molar-refractivity contribution in [2.45, 2.75) is 124 Å². The van der Waals surface area contributed by atoms with E-state index in [2.05, 4.69) is 20.8 Å². The van der Waals surface area contributed by atoms with Crippen molar-refractivity contribution in [3.05, 3.63) is 0 Å². The second kappa shape index (κ2) is 16.7. The molecular formula is C21H44O2Sn. The molecule has 0 amide bonds. The molecule has 0 saturated carbocycles. The average molecular weight is 447 g/mol. The van der Waals surface area contributed by atoms with Gasteiger partial charge in [-0.15, -0.1) is 0 Å². The Morgan fingerprint density at radius 2 is 1.08 bits per heavy atom. The molecule has 24 heavy (non-hydrogen) atoms. The van der Waals surface area contributed by atoms with E-state index in [0.29, 0.717) is 6.42 Å². The van der Waals surface area contributed by atoms with Crippen LogP contribution in [0.15, 0.2) is 0 Å². The van der Waals surface area contributed by atoms with E-state index in [1.807, 2.05) is 6.92 Å². The maximum absolute atomic E-state index is 12.0.